The van der Waals surface area contributed by atoms with Gasteiger partial charge in [0.1, 0.15) is 11.4 Å². The van der Waals surface area contributed by atoms with Crippen molar-refractivity contribution in [2.45, 2.75) is 12.8 Å². The molecule has 0 saturated carbocycles. The Hall–Kier alpha value is -2.99. The summed E-state index contributed by atoms with van der Waals surface area (Å²) in [6.07, 6.45) is 1.92. The maximum atomic E-state index is 12.1. The van der Waals surface area contributed by atoms with Crippen molar-refractivity contribution in [3.8, 4) is 5.75 Å². The first-order valence-electron chi connectivity index (χ1n) is 8.49. The highest BCUT2D eigenvalue weighted by Crippen LogP contribution is 2.22. The van der Waals surface area contributed by atoms with Crippen LogP contribution in [-0.2, 0) is 6.42 Å². The van der Waals surface area contributed by atoms with Crippen molar-refractivity contribution in [2.24, 2.45) is 10.7 Å². The molecule has 0 fully saturated rings. The Kier molecular flexibility index (Phi) is 7.25. The third-order valence-electron chi connectivity index (χ3n) is 4.04. The van der Waals surface area contributed by atoms with Crippen LogP contribution in [0.2, 0.25) is 0 Å². The maximum Gasteiger partial charge on any atom is 0.274 e. The molecule has 2 aromatic carbocycles. The zero-order chi connectivity index (χ0) is 18.4. The van der Waals surface area contributed by atoms with Crippen molar-refractivity contribution in [3.63, 3.8) is 0 Å². The number of nitrogens with two attached hydrogens (primary N) is 1. The predicted molar refractivity (Wildman–Crippen MR) is 111 cm³/mol. The van der Waals surface area contributed by atoms with Gasteiger partial charge >= 0.3 is 0 Å². The van der Waals surface area contributed by atoms with E-state index in [1.165, 1.54) is 12.6 Å². The zero-order valence-corrected chi connectivity index (χ0v) is 15.9. The number of hydrogen-bond donors (Lipinski definition) is 3. The lowest BCUT2D eigenvalue weighted by molar-refractivity contribution is 0.0972. The summed E-state index contributed by atoms with van der Waals surface area (Å²) in [6.45, 7) is 0.637. The largest absolute Gasteiger partial charge is 0.494 e. The third-order valence-corrected chi connectivity index (χ3v) is 4.04. The molecule has 1 aromatic heterocycles. The second kappa shape index (κ2) is 9.64. The van der Waals surface area contributed by atoms with E-state index in [0.717, 1.165) is 29.5 Å². The Labute approximate surface area is 164 Å². The second-order valence-corrected chi connectivity index (χ2v) is 5.93. The zero-order valence-electron chi connectivity index (χ0n) is 15.1. The predicted octanol–water partition coefficient (Wildman–Crippen LogP) is 3.28. The molecule has 0 saturated heterocycles. The van der Waals surface area contributed by atoms with Crippen molar-refractivity contribution >= 4 is 35.2 Å². The molecule has 7 heteroatoms. The SMILES string of the molecule is CN=C(N)NC(=O)c1cc2ccc(OCCCc3ccccc3)cc2[nH]1.Cl. The highest BCUT2D eigenvalue weighted by molar-refractivity contribution is 6.06. The number of rotatable bonds is 6. The van der Waals surface area contributed by atoms with Gasteiger partial charge in [-0.3, -0.25) is 15.1 Å². The number of halogens is 1. The van der Waals surface area contributed by atoms with Crippen LogP contribution in [0.3, 0.4) is 0 Å². The number of fused-ring (bicyclic) bond motifs is 1. The van der Waals surface area contributed by atoms with Gasteiger partial charge in [-0.05, 0) is 36.6 Å². The van der Waals surface area contributed by atoms with Crippen LogP contribution < -0.4 is 15.8 Å². The number of nitrogens with zero attached hydrogens (tertiary/aromatic N) is 1. The first-order valence-corrected chi connectivity index (χ1v) is 8.49. The number of ether oxygens (including phenoxy) is 1. The number of aromatic nitrogens is 1. The van der Waals surface area contributed by atoms with Gasteiger partial charge in [-0.25, -0.2) is 0 Å². The minimum Gasteiger partial charge on any atom is -0.494 e. The molecule has 4 N–H and O–H groups in total. The van der Waals surface area contributed by atoms with Gasteiger partial charge in [-0.15, -0.1) is 12.4 Å². The molecule has 3 aromatic rings. The molecule has 0 spiro atoms. The molecule has 0 unspecified atom stereocenters. The normalized spacial score (nSPS) is 11.1. The van der Waals surface area contributed by atoms with Crippen LogP contribution in [0.4, 0.5) is 0 Å². The molecule has 27 heavy (non-hydrogen) atoms. The highest BCUT2D eigenvalue weighted by atomic mass is 35.5. The molecule has 0 bridgehead atoms. The fourth-order valence-electron chi connectivity index (χ4n) is 2.67. The fourth-order valence-corrected chi connectivity index (χ4v) is 2.67. The second-order valence-electron chi connectivity index (χ2n) is 5.93. The van der Waals surface area contributed by atoms with E-state index < -0.39 is 0 Å². The van der Waals surface area contributed by atoms with E-state index in [2.05, 4.69) is 27.4 Å². The number of benzene rings is 2. The van der Waals surface area contributed by atoms with E-state index in [1.54, 1.807) is 6.07 Å². The molecule has 0 atom stereocenters. The summed E-state index contributed by atoms with van der Waals surface area (Å²) in [5.74, 6) is 0.528. The van der Waals surface area contributed by atoms with E-state index in [1.807, 2.05) is 36.4 Å². The number of carbonyl (C=O) groups excluding carboxylic acids is 1. The molecule has 0 aliphatic rings. The van der Waals surface area contributed by atoms with Crippen LogP contribution in [0.25, 0.3) is 10.9 Å². The molecule has 6 nitrogen and oxygen atoms in total. The van der Waals surface area contributed by atoms with Crippen LogP contribution in [0.1, 0.15) is 22.5 Å². The Morgan fingerprint density at radius 1 is 1.19 bits per heavy atom. The van der Waals surface area contributed by atoms with E-state index in [4.69, 9.17) is 10.5 Å². The van der Waals surface area contributed by atoms with E-state index in [9.17, 15) is 4.79 Å². The number of carbonyl (C=O) groups is 1. The lowest BCUT2D eigenvalue weighted by Gasteiger charge is -2.06. The van der Waals surface area contributed by atoms with Gasteiger partial charge < -0.3 is 15.5 Å². The summed E-state index contributed by atoms with van der Waals surface area (Å²) in [7, 11) is 1.52. The van der Waals surface area contributed by atoms with Crippen LogP contribution in [0.5, 0.6) is 5.75 Å². The Bertz CT molecular complexity index is 922. The van der Waals surface area contributed by atoms with Crippen molar-refractivity contribution in [3.05, 3.63) is 65.9 Å². The highest BCUT2D eigenvalue weighted by Gasteiger charge is 2.10. The minimum absolute atomic E-state index is 0. The summed E-state index contributed by atoms with van der Waals surface area (Å²) in [6, 6.07) is 17.8. The molecule has 0 aliphatic heterocycles. The van der Waals surface area contributed by atoms with Crippen LogP contribution in [0.15, 0.2) is 59.6 Å². The van der Waals surface area contributed by atoms with Crippen molar-refractivity contribution in [2.75, 3.05) is 13.7 Å². The molecule has 0 aliphatic carbocycles. The van der Waals surface area contributed by atoms with Crippen LogP contribution in [0, 0.1) is 0 Å². The maximum absolute atomic E-state index is 12.1. The van der Waals surface area contributed by atoms with Crippen molar-refractivity contribution < 1.29 is 9.53 Å². The number of aryl methyl sites for hydroxylation is 1. The topological polar surface area (TPSA) is 92.5 Å². The van der Waals surface area contributed by atoms with Gasteiger partial charge in [0.15, 0.2) is 5.96 Å². The van der Waals surface area contributed by atoms with Crippen molar-refractivity contribution in [1.82, 2.24) is 10.3 Å². The molecule has 1 amide bonds. The number of aliphatic imine (C=N–C) groups is 1. The van der Waals surface area contributed by atoms with Gasteiger partial charge in [0.05, 0.1) is 6.61 Å². The lowest BCUT2D eigenvalue weighted by atomic mass is 10.1. The number of H-pyrrole nitrogens is 1. The van der Waals surface area contributed by atoms with E-state index >= 15 is 0 Å². The molecule has 1 heterocycles. The Morgan fingerprint density at radius 2 is 1.96 bits per heavy atom. The van der Waals surface area contributed by atoms with Gasteiger partial charge in [-0.1, -0.05) is 30.3 Å². The molecule has 3 rings (SSSR count). The number of guanidine groups is 1. The first kappa shape index (κ1) is 20.3. The number of hydrogen-bond acceptors (Lipinski definition) is 3. The van der Waals surface area contributed by atoms with E-state index in [-0.39, 0.29) is 24.3 Å². The van der Waals surface area contributed by atoms with E-state index in [0.29, 0.717) is 12.3 Å². The smallest absolute Gasteiger partial charge is 0.274 e. The summed E-state index contributed by atoms with van der Waals surface area (Å²) >= 11 is 0. The average molecular weight is 387 g/mol. The lowest BCUT2D eigenvalue weighted by Crippen LogP contribution is -2.36. The van der Waals surface area contributed by atoms with Crippen molar-refractivity contribution in [1.29, 1.82) is 0 Å². The monoisotopic (exact) mass is 386 g/mol. The van der Waals surface area contributed by atoms with Gasteiger partial charge in [0, 0.05) is 24.0 Å². The summed E-state index contributed by atoms with van der Waals surface area (Å²) in [5, 5.41) is 3.43. The van der Waals surface area contributed by atoms with Crippen LogP contribution in [-0.4, -0.2) is 30.5 Å². The summed E-state index contributed by atoms with van der Waals surface area (Å²) < 4.78 is 5.83. The van der Waals surface area contributed by atoms with Gasteiger partial charge in [0.2, 0.25) is 0 Å². The Morgan fingerprint density at radius 3 is 2.70 bits per heavy atom. The third kappa shape index (κ3) is 5.49. The summed E-state index contributed by atoms with van der Waals surface area (Å²) in [4.78, 5) is 18.9. The average Bonchev–Trinajstić information content (AvgIpc) is 3.09. The number of amides is 1. The minimum atomic E-state index is -0.324. The standard InChI is InChI=1S/C20H22N4O2.ClH/c1-22-20(21)24-19(25)18-12-15-9-10-16(13-17(15)23-18)26-11-5-8-14-6-3-2-4-7-14;/h2-4,6-7,9-10,12-13,23H,5,8,11H2,1H3,(H3,21,22,24,25);1H. The first-order chi connectivity index (χ1) is 12.7. The van der Waals surface area contributed by atoms with Gasteiger partial charge in [0.25, 0.3) is 5.91 Å². The summed E-state index contributed by atoms with van der Waals surface area (Å²) in [5.41, 5.74) is 8.09. The molecular weight excluding hydrogens is 364 g/mol. The molecule has 142 valence electrons. The number of nitrogens with one attached hydrogen (secondary N) is 2. The Balaban J connectivity index is 0.00000261. The molecular formula is C20H23ClN4O2. The quantitative estimate of drug-likeness (QED) is 0.345. The van der Waals surface area contributed by atoms with Crippen LogP contribution >= 0.6 is 12.4 Å². The fraction of sp³-hybridized carbons (Fsp3) is 0.200. The molecule has 0 radical (unpaired) electrons. The van der Waals surface area contributed by atoms with Gasteiger partial charge in [-0.2, -0.15) is 0 Å². The number of aromatic amines is 1.